The minimum atomic E-state index is 0.760. The fourth-order valence-electron chi connectivity index (χ4n) is 3.53. The van der Waals surface area contributed by atoms with E-state index in [1.165, 1.54) is 50.9 Å². The van der Waals surface area contributed by atoms with Crippen LogP contribution < -0.4 is 20.1 Å². The predicted molar refractivity (Wildman–Crippen MR) is 117 cm³/mol. The average molecular weight is 391 g/mol. The number of likely N-dealkylation sites (tertiary alicyclic amines) is 1. The quantitative estimate of drug-likeness (QED) is 0.365. The molecular formula is C22H38N4O2. The molecule has 1 fully saturated rings. The van der Waals surface area contributed by atoms with E-state index in [0.717, 1.165) is 42.9 Å². The smallest absolute Gasteiger partial charge is 0.190 e. The zero-order valence-corrected chi connectivity index (χ0v) is 18.1. The summed E-state index contributed by atoms with van der Waals surface area (Å²) in [6, 6.07) is 6.04. The SMILES string of the molecule is CN=C(NCCCCN1CCC(C)CC1)NCCc1ccc(OC)c(OC)c1. The van der Waals surface area contributed by atoms with E-state index in [4.69, 9.17) is 9.47 Å². The number of nitrogens with one attached hydrogen (secondary N) is 2. The Hall–Kier alpha value is -1.95. The average Bonchev–Trinajstić information content (AvgIpc) is 2.73. The first-order valence-electron chi connectivity index (χ1n) is 10.5. The third-order valence-corrected chi connectivity index (χ3v) is 5.45. The van der Waals surface area contributed by atoms with Crippen molar-refractivity contribution in [2.45, 2.75) is 39.0 Å². The van der Waals surface area contributed by atoms with Crippen LogP contribution in [0.3, 0.4) is 0 Å². The number of unbranched alkanes of at least 4 members (excludes halogenated alkanes) is 1. The van der Waals surface area contributed by atoms with Crippen LogP contribution >= 0.6 is 0 Å². The maximum absolute atomic E-state index is 5.37. The molecule has 0 aromatic heterocycles. The summed E-state index contributed by atoms with van der Waals surface area (Å²) in [4.78, 5) is 6.92. The third-order valence-electron chi connectivity index (χ3n) is 5.45. The van der Waals surface area contributed by atoms with E-state index < -0.39 is 0 Å². The molecular weight excluding hydrogens is 352 g/mol. The van der Waals surface area contributed by atoms with Gasteiger partial charge in [0.25, 0.3) is 0 Å². The highest BCUT2D eigenvalue weighted by atomic mass is 16.5. The van der Waals surface area contributed by atoms with E-state index in [1.54, 1.807) is 14.2 Å². The van der Waals surface area contributed by atoms with Crippen molar-refractivity contribution in [1.82, 2.24) is 15.5 Å². The molecule has 1 aliphatic heterocycles. The summed E-state index contributed by atoms with van der Waals surface area (Å²) in [6.07, 6.45) is 6.02. The largest absolute Gasteiger partial charge is 0.493 e. The molecule has 0 amide bonds. The minimum absolute atomic E-state index is 0.760. The summed E-state index contributed by atoms with van der Waals surface area (Å²) in [6.45, 7) is 7.91. The number of hydrogen-bond acceptors (Lipinski definition) is 4. The fourth-order valence-corrected chi connectivity index (χ4v) is 3.53. The van der Waals surface area contributed by atoms with E-state index in [1.807, 2.05) is 19.2 Å². The number of nitrogens with zero attached hydrogens (tertiary/aromatic N) is 2. The normalized spacial score (nSPS) is 16.1. The van der Waals surface area contributed by atoms with E-state index in [-0.39, 0.29) is 0 Å². The molecule has 6 nitrogen and oxygen atoms in total. The molecule has 0 unspecified atom stereocenters. The van der Waals surface area contributed by atoms with Gasteiger partial charge in [-0.15, -0.1) is 0 Å². The van der Waals surface area contributed by atoms with Crippen LogP contribution in [0.15, 0.2) is 23.2 Å². The Labute approximate surface area is 170 Å². The van der Waals surface area contributed by atoms with Gasteiger partial charge >= 0.3 is 0 Å². The van der Waals surface area contributed by atoms with Crippen molar-refractivity contribution < 1.29 is 9.47 Å². The summed E-state index contributed by atoms with van der Waals surface area (Å²) < 4.78 is 10.7. The van der Waals surface area contributed by atoms with E-state index >= 15 is 0 Å². The lowest BCUT2D eigenvalue weighted by Gasteiger charge is -2.30. The van der Waals surface area contributed by atoms with Crippen LogP contribution in [0.2, 0.25) is 0 Å². The molecule has 0 bridgehead atoms. The Balaban J connectivity index is 1.60. The maximum atomic E-state index is 5.37. The van der Waals surface area contributed by atoms with Crippen molar-refractivity contribution in [1.29, 1.82) is 0 Å². The van der Waals surface area contributed by atoms with Crippen LogP contribution in [-0.4, -0.2) is 64.9 Å². The number of methoxy groups -OCH3 is 2. The second-order valence-electron chi connectivity index (χ2n) is 7.60. The molecule has 0 saturated carbocycles. The molecule has 1 aliphatic rings. The zero-order chi connectivity index (χ0) is 20.2. The maximum Gasteiger partial charge on any atom is 0.190 e. The van der Waals surface area contributed by atoms with Crippen molar-refractivity contribution in [3.05, 3.63) is 23.8 Å². The van der Waals surface area contributed by atoms with Gasteiger partial charge in [0.2, 0.25) is 0 Å². The van der Waals surface area contributed by atoms with Gasteiger partial charge in [-0.25, -0.2) is 0 Å². The number of hydrogen-bond donors (Lipinski definition) is 2. The van der Waals surface area contributed by atoms with Gasteiger partial charge in [0.1, 0.15) is 0 Å². The van der Waals surface area contributed by atoms with E-state index in [9.17, 15) is 0 Å². The Morgan fingerprint density at radius 3 is 2.46 bits per heavy atom. The zero-order valence-electron chi connectivity index (χ0n) is 18.1. The molecule has 0 radical (unpaired) electrons. The Morgan fingerprint density at radius 1 is 1.07 bits per heavy atom. The van der Waals surface area contributed by atoms with E-state index in [0.29, 0.717) is 0 Å². The Kier molecular flexibility index (Phi) is 9.97. The molecule has 28 heavy (non-hydrogen) atoms. The van der Waals surface area contributed by atoms with Crippen LogP contribution in [0.1, 0.15) is 38.2 Å². The standard InChI is InChI=1S/C22H38N4O2/c1-18-10-15-26(16-11-18)14-6-5-12-24-22(23-2)25-13-9-19-7-8-20(27-3)21(17-19)28-4/h7-8,17-18H,5-6,9-16H2,1-4H3,(H2,23,24,25). The van der Waals surface area contributed by atoms with Gasteiger partial charge in [0.05, 0.1) is 14.2 Å². The second kappa shape index (κ2) is 12.5. The lowest BCUT2D eigenvalue weighted by atomic mass is 9.99. The highest BCUT2D eigenvalue weighted by molar-refractivity contribution is 5.79. The Bertz CT molecular complexity index is 598. The first kappa shape index (κ1) is 22.3. The van der Waals surface area contributed by atoms with Crippen molar-refractivity contribution in [3.63, 3.8) is 0 Å². The van der Waals surface area contributed by atoms with Gasteiger partial charge < -0.3 is 25.0 Å². The molecule has 1 heterocycles. The summed E-state index contributed by atoms with van der Waals surface area (Å²) in [5, 5.41) is 6.80. The molecule has 1 aromatic carbocycles. The number of guanidine groups is 1. The van der Waals surface area contributed by atoms with Gasteiger partial charge in [0.15, 0.2) is 17.5 Å². The van der Waals surface area contributed by atoms with Crippen molar-refractivity contribution in [3.8, 4) is 11.5 Å². The number of aliphatic imine (C=N–C) groups is 1. The van der Waals surface area contributed by atoms with Crippen molar-refractivity contribution >= 4 is 5.96 Å². The lowest BCUT2D eigenvalue weighted by molar-refractivity contribution is 0.189. The number of piperidine rings is 1. The highest BCUT2D eigenvalue weighted by Gasteiger charge is 2.14. The number of benzene rings is 1. The van der Waals surface area contributed by atoms with Gasteiger partial charge in [0, 0.05) is 20.1 Å². The number of ether oxygens (including phenoxy) is 2. The molecule has 0 spiro atoms. The highest BCUT2D eigenvalue weighted by Crippen LogP contribution is 2.27. The van der Waals surface area contributed by atoms with Crippen LogP contribution in [0.4, 0.5) is 0 Å². The van der Waals surface area contributed by atoms with Crippen LogP contribution in [0, 0.1) is 5.92 Å². The van der Waals surface area contributed by atoms with Crippen LogP contribution in [-0.2, 0) is 6.42 Å². The first-order valence-corrected chi connectivity index (χ1v) is 10.5. The summed E-state index contributed by atoms with van der Waals surface area (Å²) >= 11 is 0. The second-order valence-corrected chi connectivity index (χ2v) is 7.60. The molecule has 0 atom stereocenters. The molecule has 1 saturated heterocycles. The van der Waals surface area contributed by atoms with Gasteiger partial charge in [-0.2, -0.15) is 0 Å². The topological polar surface area (TPSA) is 58.1 Å². The first-order chi connectivity index (χ1) is 13.7. The van der Waals surface area contributed by atoms with E-state index in [2.05, 4.69) is 33.5 Å². The molecule has 2 rings (SSSR count). The van der Waals surface area contributed by atoms with Gasteiger partial charge in [-0.3, -0.25) is 4.99 Å². The Morgan fingerprint density at radius 2 is 1.79 bits per heavy atom. The monoisotopic (exact) mass is 390 g/mol. The summed E-state index contributed by atoms with van der Waals surface area (Å²) in [7, 11) is 5.14. The molecule has 1 aromatic rings. The summed E-state index contributed by atoms with van der Waals surface area (Å²) in [5.41, 5.74) is 1.21. The predicted octanol–water partition coefficient (Wildman–Crippen LogP) is 2.92. The van der Waals surface area contributed by atoms with Crippen LogP contribution in [0.25, 0.3) is 0 Å². The van der Waals surface area contributed by atoms with Crippen molar-refractivity contribution in [2.24, 2.45) is 10.9 Å². The fraction of sp³-hybridized carbons (Fsp3) is 0.682. The van der Waals surface area contributed by atoms with Gasteiger partial charge in [-0.05, 0) is 75.4 Å². The third kappa shape index (κ3) is 7.58. The lowest BCUT2D eigenvalue weighted by Crippen LogP contribution is -2.39. The molecule has 0 aliphatic carbocycles. The molecule has 6 heteroatoms. The summed E-state index contributed by atoms with van der Waals surface area (Å²) in [5.74, 6) is 3.31. The van der Waals surface area contributed by atoms with Crippen molar-refractivity contribution in [2.75, 3.05) is 54.0 Å². The molecule has 158 valence electrons. The molecule has 2 N–H and O–H groups in total. The minimum Gasteiger partial charge on any atom is -0.493 e. The van der Waals surface area contributed by atoms with Gasteiger partial charge in [-0.1, -0.05) is 13.0 Å². The van der Waals surface area contributed by atoms with Crippen LogP contribution in [0.5, 0.6) is 11.5 Å². The number of rotatable bonds is 10.